The average molecular weight is 704 g/mol. The van der Waals surface area contributed by atoms with Crippen LogP contribution in [0.4, 0.5) is 43.7 Å². The van der Waals surface area contributed by atoms with Gasteiger partial charge in [-0.3, -0.25) is 20.2 Å². The molecule has 216 valence electrons. The van der Waals surface area contributed by atoms with E-state index in [2.05, 4.69) is 53.1 Å². The molecule has 16 heteroatoms. The number of non-ortho nitro benzene ring substituents is 2. The van der Waals surface area contributed by atoms with Crippen molar-refractivity contribution in [3.8, 4) is 11.5 Å². The highest BCUT2D eigenvalue weighted by Gasteiger charge is 2.13. The molecule has 0 fully saturated rings. The summed E-state index contributed by atoms with van der Waals surface area (Å²) < 4.78 is 1.75. The van der Waals surface area contributed by atoms with Crippen LogP contribution in [0.15, 0.2) is 93.9 Å². The average Bonchev–Trinajstić information content (AvgIpc) is 2.93. The van der Waals surface area contributed by atoms with Crippen LogP contribution in [-0.4, -0.2) is 32.1 Å². The van der Waals surface area contributed by atoms with Gasteiger partial charge in [-0.1, -0.05) is 31.9 Å². The third-order valence-electron chi connectivity index (χ3n) is 5.08. The maximum Gasteiger partial charge on any atom is 0.323 e. The van der Waals surface area contributed by atoms with Crippen LogP contribution in [-0.2, 0) is 0 Å². The first-order valence-corrected chi connectivity index (χ1v) is 13.1. The van der Waals surface area contributed by atoms with Crippen molar-refractivity contribution in [1.29, 1.82) is 0 Å². The summed E-state index contributed by atoms with van der Waals surface area (Å²) in [5, 5.41) is 50.3. The highest BCUT2D eigenvalue weighted by atomic mass is 79.9. The molecule has 0 saturated carbocycles. The summed E-state index contributed by atoms with van der Waals surface area (Å²) >= 11 is 6.55. The summed E-state index contributed by atoms with van der Waals surface area (Å²) in [6, 6.07) is 19.5. The van der Waals surface area contributed by atoms with Gasteiger partial charge in [0.25, 0.3) is 11.4 Å². The number of carbonyl (C=O) groups excluding carboxylic acids is 2. The number of halogens is 2. The summed E-state index contributed by atoms with van der Waals surface area (Å²) in [5.74, 6) is -0.759. The maximum atomic E-state index is 11.8. The van der Waals surface area contributed by atoms with E-state index in [0.29, 0.717) is 11.4 Å². The molecule has 0 bridgehead atoms. The van der Waals surface area contributed by atoms with Crippen LogP contribution >= 0.6 is 31.9 Å². The first kappa shape index (κ1) is 31.3. The molecule has 0 saturated heterocycles. The van der Waals surface area contributed by atoms with Gasteiger partial charge in [0.05, 0.1) is 33.4 Å². The second-order valence-corrected chi connectivity index (χ2v) is 9.92. The number of nitro benzene ring substituents is 2. The molecule has 4 rings (SSSR count). The van der Waals surface area contributed by atoms with Gasteiger partial charge >= 0.3 is 12.1 Å². The zero-order valence-corrected chi connectivity index (χ0v) is 24.2. The lowest BCUT2D eigenvalue weighted by atomic mass is 10.2. The molecule has 0 unspecified atom stereocenters. The van der Waals surface area contributed by atoms with E-state index in [4.69, 9.17) is 0 Å². The number of aromatic hydroxyl groups is 2. The van der Waals surface area contributed by atoms with Crippen molar-refractivity contribution in [2.24, 2.45) is 0 Å². The Morgan fingerprint density at radius 2 is 0.905 bits per heavy atom. The molecule has 6 N–H and O–H groups in total. The number of nitro groups is 2. The lowest BCUT2D eigenvalue weighted by molar-refractivity contribution is -0.385. The van der Waals surface area contributed by atoms with Crippen molar-refractivity contribution in [1.82, 2.24) is 0 Å². The second kappa shape index (κ2) is 14.4. The zero-order chi connectivity index (χ0) is 30.8. The van der Waals surface area contributed by atoms with Crippen molar-refractivity contribution < 1.29 is 29.6 Å². The van der Waals surface area contributed by atoms with Crippen molar-refractivity contribution in [2.75, 3.05) is 21.3 Å². The van der Waals surface area contributed by atoms with Crippen molar-refractivity contribution >= 4 is 78.0 Å². The fourth-order valence-electron chi connectivity index (χ4n) is 3.11. The van der Waals surface area contributed by atoms with Crippen LogP contribution in [0.5, 0.6) is 11.5 Å². The molecular formula is C26H20Br2N6O8. The summed E-state index contributed by atoms with van der Waals surface area (Å²) in [4.78, 5) is 43.3. The number of phenolic OH excluding ortho intramolecular Hbond substituents is 2. The minimum atomic E-state index is -0.634. The molecule has 0 heterocycles. The fraction of sp³-hybridized carbons (Fsp3) is 0. The lowest BCUT2D eigenvalue weighted by Gasteiger charge is -2.09. The van der Waals surface area contributed by atoms with E-state index in [-0.39, 0.29) is 34.2 Å². The SMILES string of the molecule is O=C(Nc1ccc(Br)cc1)Nc1ccc([N+](=O)[O-])cc1O.O=C(Nc1ccc(Br)cc1)Nc1ccc([N+](=O)[O-])cc1O. The highest BCUT2D eigenvalue weighted by Crippen LogP contribution is 2.29. The number of carbonyl (C=O) groups is 2. The van der Waals surface area contributed by atoms with E-state index in [1.165, 1.54) is 24.3 Å². The number of hydrogen-bond donors (Lipinski definition) is 6. The zero-order valence-electron chi connectivity index (χ0n) is 21.1. The number of hydrogen-bond acceptors (Lipinski definition) is 8. The summed E-state index contributed by atoms with van der Waals surface area (Å²) in [5.41, 5.74) is 0.775. The minimum absolute atomic E-state index is 0.0789. The quantitative estimate of drug-likeness (QED) is 0.0675. The number of benzene rings is 4. The summed E-state index contributed by atoms with van der Waals surface area (Å²) in [7, 11) is 0. The first-order chi connectivity index (χ1) is 19.9. The number of anilines is 4. The van der Waals surface area contributed by atoms with Crippen LogP contribution in [0.25, 0.3) is 0 Å². The van der Waals surface area contributed by atoms with Crippen LogP contribution < -0.4 is 21.3 Å². The molecule has 14 nitrogen and oxygen atoms in total. The third kappa shape index (κ3) is 9.46. The molecule has 0 atom stereocenters. The largest absolute Gasteiger partial charge is 0.506 e. The monoisotopic (exact) mass is 702 g/mol. The van der Waals surface area contributed by atoms with Gasteiger partial charge in [-0.05, 0) is 60.7 Å². The van der Waals surface area contributed by atoms with Gasteiger partial charge in [-0.2, -0.15) is 0 Å². The predicted molar refractivity (Wildman–Crippen MR) is 163 cm³/mol. The Balaban J connectivity index is 0.000000230. The molecule has 4 amide bonds. The Hall–Kier alpha value is -5.22. The van der Waals surface area contributed by atoms with E-state index >= 15 is 0 Å². The van der Waals surface area contributed by atoms with E-state index in [1.54, 1.807) is 48.5 Å². The van der Waals surface area contributed by atoms with E-state index in [1.807, 2.05) is 0 Å². The number of rotatable bonds is 6. The molecular weight excluding hydrogens is 684 g/mol. The number of amides is 4. The lowest BCUT2D eigenvalue weighted by Crippen LogP contribution is -2.19. The molecule has 0 aliphatic heterocycles. The van der Waals surface area contributed by atoms with Gasteiger partial charge < -0.3 is 31.5 Å². The van der Waals surface area contributed by atoms with Crippen LogP contribution in [0.1, 0.15) is 0 Å². The number of nitrogens with one attached hydrogen (secondary N) is 4. The summed E-state index contributed by atoms with van der Waals surface area (Å²) in [6.45, 7) is 0. The maximum absolute atomic E-state index is 11.8. The van der Waals surface area contributed by atoms with Gasteiger partial charge in [0.2, 0.25) is 0 Å². The molecule has 0 aromatic heterocycles. The first-order valence-electron chi connectivity index (χ1n) is 11.5. The number of nitrogens with zero attached hydrogens (tertiary/aromatic N) is 2. The molecule has 0 spiro atoms. The van der Waals surface area contributed by atoms with E-state index in [0.717, 1.165) is 21.1 Å². The normalized spacial score (nSPS) is 9.95. The van der Waals surface area contributed by atoms with Gasteiger partial charge in [0, 0.05) is 32.5 Å². The van der Waals surface area contributed by atoms with E-state index < -0.39 is 21.9 Å². The molecule has 0 aliphatic rings. The van der Waals surface area contributed by atoms with Gasteiger partial charge in [-0.25, -0.2) is 9.59 Å². The Bertz CT molecular complexity index is 1500. The molecule has 0 radical (unpaired) electrons. The predicted octanol–water partition coefficient (Wildman–Crippen LogP) is 7.41. The third-order valence-corrected chi connectivity index (χ3v) is 6.14. The second-order valence-electron chi connectivity index (χ2n) is 8.09. The van der Waals surface area contributed by atoms with Crippen LogP contribution in [0.2, 0.25) is 0 Å². The van der Waals surface area contributed by atoms with Gasteiger partial charge in [0.15, 0.2) is 0 Å². The molecule has 42 heavy (non-hydrogen) atoms. The fourth-order valence-corrected chi connectivity index (χ4v) is 3.64. The van der Waals surface area contributed by atoms with E-state index in [9.17, 15) is 40.0 Å². The van der Waals surface area contributed by atoms with Gasteiger partial charge in [-0.15, -0.1) is 0 Å². The number of urea groups is 2. The van der Waals surface area contributed by atoms with Crippen molar-refractivity contribution in [2.45, 2.75) is 0 Å². The van der Waals surface area contributed by atoms with Gasteiger partial charge in [0.1, 0.15) is 11.5 Å². The Labute approximate surface area is 253 Å². The van der Waals surface area contributed by atoms with Crippen molar-refractivity contribution in [3.05, 3.63) is 114 Å². The summed E-state index contributed by atoms with van der Waals surface area (Å²) in [6.07, 6.45) is 0. The topological polar surface area (TPSA) is 209 Å². The smallest absolute Gasteiger partial charge is 0.323 e. The highest BCUT2D eigenvalue weighted by molar-refractivity contribution is 9.10. The Morgan fingerprint density at radius 1 is 0.571 bits per heavy atom. The molecule has 0 aliphatic carbocycles. The van der Waals surface area contributed by atoms with Crippen LogP contribution in [0.3, 0.4) is 0 Å². The standard InChI is InChI=1S/2C13H10BrN3O4/c2*14-8-1-3-9(4-2-8)15-13(19)16-11-6-5-10(17(20)21)7-12(11)18/h2*1-7,18H,(H2,15,16,19). The molecule has 4 aromatic rings. The molecule has 4 aromatic carbocycles. The minimum Gasteiger partial charge on any atom is -0.506 e. The van der Waals surface area contributed by atoms with Crippen molar-refractivity contribution in [3.63, 3.8) is 0 Å². The van der Waals surface area contributed by atoms with Crippen LogP contribution in [0, 0.1) is 20.2 Å². The Morgan fingerprint density at radius 3 is 1.19 bits per heavy atom. The Kier molecular flexibility index (Phi) is 10.8. The number of phenols is 2.